The van der Waals surface area contributed by atoms with Crippen molar-refractivity contribution in [2.45, 2.75) is 11.3 Å². The number of anilines is 1. The highest BCUT2D eigenvalue weighted by molar-refractivity contribution is 7.93. The van der Waals surface area contributed by atoms with Crippen molar-refractivity contribution < 1.29 is 23.2 Å². The number of halogens is 2. The highest BCUT2D eigenvalue weighted by Gasteiger charge is 2.33. The van der Waals surface area contributed by atoms with Crippen LogP contribution in [-0.4, -0.2) is 31.0 Å². The maximum atomic E-state index is 13.0. The van der Waals surface area contributed by atoms with Crippen molar-refractivity contribution in [2.75, 3.05) is 10.8 Å². The van der Waals surface area contributed by atoms with Crippen molar-refractivity contribution in [1.82, 2.24) is 0 Å². The standard InChI is InChI=1S/C15H12Cl2N2O6S/c16-10-5-6-12(11(17)9-10)18(8-7-15(20)21)26(24,25)14-4-2-1-3-13(14)19(22)23/h1-6,9H,7-8H2,(H,20,21). The molecule has 0 aliphatic rings. The van der Waals surface area contributed by atoms with Crippen molar-refractivity contribution in [3.05, 3.63) is 62.6 Å². The molecule has 26 heavy (non-hydrogen) atoms. The number of carboxylic acid groups (broad SMARTS) is 1. The maximum absolute atomic E-state index is 13.0. The fourth-order valence-electron chi connectivity index (χ4n) is 2.20. The quantitative estimate of drug-likeness (QED) is 0.542. The second kappa shape index (κ2) is 7.90. The molecule has 1 N–H and O–H groups in total. The minimum absolute atomic E-state index is 0.0320. The fourth-order valence-corrected chi connectivity index (χ4v) is 4.40. The van der Waals surface area contributed by atoms with Crippen molar-refractivity contribution in [2.24, 2.45) is 0 Å². The van der Waals surface area contributed by atoms with Crippen LogP contribution in [0.3, 0.4) is 0 Å². The highest BCUT2D eigenvalue weighted by atomic mass is 35.5. The van der Waals surface area contributed by atoms with Gasteiger partial charge in [-0.25, -0.2) is 8.42 Å². The van der Waals surface area contributed by atoms with Crippen LogP contribution in [0.2, 0.25) is 10.0 Å². The molecule has 2 aromatic carbocycles. The molecule has 0 heterocycles. The number of sulfonamides is 1. The van der Waals surface area contributed by atoms with E-state index in [0.717, 1.165) is 16.4 Å². The van der Waals surface area contributed by atoms with Crippen LogP contribution in [0.5, 0.6) is 0 Å². The fraction of sp³-hybridized carbons (Fsp3) is 0.133. The third-order valence-corrected chi connectivity index (χ3v) is 5.74. The number of para-hydroxylation sites is 1. The molecule has 0 spiro atoms. The zero-order valence-corrected chi connectivity index (χ0v) is 15.3. The van der Waals surface area contributed by atoms with Crippen LogP contribution in [-0.2, 0) is 14.8 Å². The summed E-state index contributed by atoms with van der Waals surface area (Å²) in [7, 11) is -4.46. The monoisotopic (exact) mass is 418 g/mol. The van der Waals surface area contributed by atoms with Crippen LogP contribution in [0.4, 0.5) is 11.4 Å². The van der Waals surface area contributed by atoms with Crippen molar-refractivity contribution in [1.29, 1.82) is 0 Å². The first kappa shape index (κ1) is 20.0. The number of carbonyl (C=O) groups is 1. The van der Waals surface area contributed by atoms with Crippen LogP contribution in [0.25, 0.3) is 0 Å². The van der Waals surface area contributed by atoms with E-state index < -0.39 is 44.5 Å². The molecule has 0 fully saturated rings. The van der Waals surface area contributed by atoms with Gasteiger partial charge in [-0.3, -0.25) is 19.2 Å². The lowest BCUT2D eigenvalue weighted by molar-refractivity contribution is -0.387. The third-order valence-electron chi connectivity index (χ3n) is 3.34. The van der Waals surface area contributed by atoms with E-state index >= 15 is 0 Å². The molecule has 0 saturated carbocycles. The molecular weight excluding hydrogens is 407 g/mol. The van der Waals surface area contributed by atoms with E-state index in [2.05, 4.69) is 0 Å². The zero-order chi connectivity index (χ0) is 19.5. The van der Waals surface area contributed by atoms with E-state index in [1.54, 1.807) is 0 Å². The normalized spacial score (nSPS) is 11.2. The Hall–Kier alpha value is -2.36. The maximum Gasteiger partial charge on any atom is 0.305 e. The number of nitrogens with zero attached hydrogens (tertiary/aromatic N) is 2. The van der Waals surface area contributed by atoms with Crippen LogP contribution >= 0.6 is 23.2 Å². The number of benzene rings is 2. The second-order valence-electron chi connectivity index (χ2n) is 5.04. The van der Waals surface area contributed by atoms with Gasteiger partial charge in [-0.05, 0) is 24.3 Å². The zero-order valence-electron chi connectivity index (χ0n) is 13.0. The Morgan fingerprint density at radius 3 is 2.42 bits per heavy atom. The summed E-state index contributed by atoms with van der Waals surface area (Å²) in [4.78, 5) is 20.7. The largest absolute Gasteiger partial charge is 0.481 e. The Balaban J connectivity index is 2.64. The molecule has 0 aliphatic heterocycles. The smallest absolute Gasteiger partial charge is 0.305 e. The van der Waals surface area contributed by atoms with E-state index in [-0.39, 0.29) is 15.7 Å². The third kappa shape index (κ3) is 4.24. The van der Waals surface area contributed by atoms with Gasteiger partial charge in [-0.1, -0.05) is 35.3 Å². The Morgan fingerprint density at radius 2 is 1.85 bits per heavy atom. The summed E-state index contributed by atoms with van der Waals surface area (Å²) in [6.45, 7) is -0.467. The lowest BCUT2D eigenvalue weighted by atomic mass is 10.3. The van der Waals surface area contributed by atoms with Gasteiger partial charge in [0.1, 0.15) is 0 Å². The van der Waals surface area contributed by atoms with Gasteiger partial charge in [0.25, 0.3) is 15.7 Å². The molecule has 0 amide bonds. The summed E-state index contributed by atoms with van der Waals surface area (Å²) in [5.74, 6) is -1.24. The van der Waals surface area contributed by atoms with Crippen molar-refractivity contribution in [3.63, 3.8) is 0 Å². The van der Waals surface area contributed by atoms with Crippen LogP contribution < -0.4 is 4.31 Å². The Bertz CT molecular complexity index is 964. The second-order valence-corrected chi connectivity index (χ2v) is 7.72. The summed E-state index contributed by atoms with van der Waals surface area (Å²) in [5, 5.41) is 20.3. The number of carboxylic acids is 1. The highest BCUT2D eigenvalue weighted by Crippen LogP contribution is 2.35. The first-order chi connectivity index (χ1) is 12.1. The molecule has 0 saturated heterocycles. The molecule has 138 valence electrons. The predicted octanol–water partition coefficient (Wildman–Crippen LogP) is 3.57. The van der Waals surface area contributed by atoms with Crippen LogP contribution in [0.1, 0.15) is 6.42 Å². The van der Waals surface area contributed by atoms with E-state index in [9.17, 15) is 23.3 Å². The average Bonchev–Trinajstić information content (AvgIpc) is 2.56. The minimum atomic E-state index is -4.46. The number of aliphatic carboxylic acids is 1. The molecular formula is C15H12Cl2N2O6S. The predicted molar refractivity (Wildman–Crippen MR) is 96.3 cm³/mol. The summed E-state index contributed by atoms with van der Waals surface area (Å²) in [5.41, 5.74) is -0.659. The van der Waals surface area contributed by atoms with Crippen molar-refractivity contribution in [3.8, 4) is 0 Å². The van der Waals surface area contributed by atoms with Gasteiger partial charge in [-0.2, -0.15) is 0 Å². The van der Waals surface area contributed by atoms with Gasteiger partial charge in [-0.15, -0.1) is 0 Å². The van der Waals surface area contributed by atoms with Crippen LogP contribution in [0, 0.1) is 10.1 Å². The lowest BCUT2D eigenvalue weighted by Gasteiger charge is -2.24. The van der Waals surface area contributed by atoms with E-state index in [1.807, 2.05) is 0 Å². The van der Waals surface area contributed by atoms with E-state index in [0.29, 0.717) is 0 Å². The molecule has 0 aromatic heterocycles. The molecule has 0 radical (unpaired) electrons. The molecule has 2 aromatic rings. The summed E-state index contributed by atoms with van der Waals surface area (Å²) in [6.07, 6.45) is -0.529. The first-order valence-electron chi connectivity index (χ1n) is 7.07. The summed E-state index contributed by atoms with van der Waals surface area (Å²) >= 11 is 11.9. The van der Waals surface area contributed by atoms with Gasteiger partial charge >= 0.3 is 5.97 Å². The molecule has 0 bridgehead atoms. The van der Waals surface area contributed by atoms with E-state index in [1.165, 1.54) is 30.3 Å². The molecule has 2 rings (SSSR count). The van der Waals surface area contributed by atoms with Gasteiger partial charge in [0, 0.05) is 17.6 Å². The molecule has 11 heteroatoms. The molecule has 0 aliphatic carbocycles. The topological polar surface area (TPSA) is 118 Å². The van der Waals surface area contributed by atoms with Crippen molar-refractivity contribution >= 4 is 50.6 Å². The average molecular weight is 419 g/mol. The number of nitro groups is 1. The van der Waals surface area contributed by atoms with Gasteiger partial charge < -0.3 is 5.11 Å². The lowest BCUT2D eigenvalue weighted by Crippen LogP contribution is -2.33. The van der Waals surface area contributed by atoms with Gasteiger partial charge in [0.05, 0.1) is 22.1 Å². The summed E-state index contributed by atoms with van der Waals surface area (Å²) in [6, 6.07) is 8.76. The van der Waals surface area contributed by atoms with Gasteiger partial charge in [0.15, 0.2) is 4.90 Å². The minimum Gasteiger partial charge on any atom is -0.481 e. The van der Waals surface area contributed by atoms with Crippen LogP contribution in [0.15, 0.2) is 47.4 Å². The van der Waals surface area contributed by atoms with E-state index in [4.69, 9.17) is 28.3 Å². The van der Waals surface area contributed by atoms with Gasteiger partial charge in [0.2, 0.25) is 0 Å². The number of rotatable bonds is 7. The Kier molecular flexibility index (Phi) is 6.06. The molecule has 0 atom stereocenters. The molecule has 8 nitrogen and oxygen atoms in total. The summed E-state index contributed by atoms with van der Waals surface area (Å²) < 4.78 is 26.8. The SMILES string of the molecule is O=C(O)CCN(c1ccc(Cl)cc1Cl)S(=O)(=O)c1ccccc1[N+](=O)[O-]. The number of hydrogen-bond acceptors (Lipinski definition) is 5. The number of hydrogen-bond donors (Lipinski definition) is 1. The Morgan fingerprint density at radius 1 is 1.19 bits per heavy atom. The number of nitro benzene ring substituents is 1. The first-order valence-corrected chi connectivity index (χ1v) is 9.27. The Labute approximate surface area is 158 Å². The molecule has 0 unspecified atom stereocenters.